The highest BCUT2D eigenvalue weighted by Gasteiger charge is 2.05. The van der Waals surface area contributed by atoms with Gasteiger partial charge in [0.15, 0.2) is 0 Å². The molecular formula is C15H18N2O. The second kappa shape index (κ2) is 5.54. The molecule has 0 aliphatic heterocycles. The highest BCUT2D eigenvalue weighted by atomic mass is 16.5. The standard InChI is InChI=1S/C15H18N2O/c1-11-6-4-7-12(2)14(11)17-10-13-8-5-9-16-15(13)18-3/h4-9,17H,10H2,1-3H3. The number of methoxy groups -OCH3 is 1. The third-order valence-corrected chi connectivity index (χ3v) is 2.98. The fourth-order valence-electron chi connectivity index (χ4n) is 2.02. The molecule has 94 valence electrons. The Labute approximate surface area is 108 Å². The summed E-state index contributed by atoms with van der Waals surface area (Å²) < 4.78 is 5.24. The summed E-state index contributed by atoms with van der Waals surface area (Å²) in [5.74, 6) is 0.677. The normalized spacial score (nSPS) is 10.2. The predicted molar refractivity (Wildman–Crippen MR) is 74.0 cm³/mol. The van der Waals surface area contributed by atoms with Gasteiger partial charge < -0.3 is 10.1 Å². The Bertz CT molecular complexity index is 518. The number of anilines is 1. The van der Waals surface area contributed by atoms with Gasteiger partial charge in [-0.05, 0) is 31.0 Å². The molecule has 0 saturated carbocycles. The number of para-hydroxylation sites is 1. The number of aromatic nitrogens is 1. The number of hydrogen-bond acceptors (Lipinski definition) is 3. The first-order chi connectivity index (χ1) is 8.72. The number of ether oxygens (including phenoxy) is 1. The van der Waals surface area contributed by atoms with E-state index in [-0.39, 0.29) is 0 Å². The second-order valence-electron chi connectivity index (χ2n) is 4.29. The van der Waals surface area contributed by atoms with E-state index in [1.165, 1.54) is 16.8 Å². The predicted octanol–water partition coefficient (Wildman–Crippen LogP) is 3.32. The molecule has 18 heavy (non-hydrogen) atoms. The van der Waals surface area contributed by atoms with Gasteiger partial charge in [0.1, 0.15) is 0 Å². The maximum Gasteiger partial charge on any atom is 0.218 e. The molecule has 0 aliphatic rings. The molecule has 0 saturated heterocycles. The van der Waals surface area contributed by atoms with E-state index in [0.29, 0.717) is 12.4 Å². The Balaban J connectivity index is 2.16. The number of nitrogens with zero attached hydrogens (tertiary/aromatic N) is 1. The zero-order valence-electron chi connectivity index (χ0n) is 11.0. The van der Waals surface area contributed by atoms with E-state index in [1.54, 1.807) is 13.3 Å². The first-order valence-corrected chi connectivity index (χ1v) is 6.00. The van der Waals surface area contributed by atoms with Gasteiger partial charge in [-0.2, -0.15) is 0 Å². The van der Waals surface area contributed by atoms with E-state index >= 15 is 0 Å². The molecule has 3 heteroatoms. The molecule has 1 N–H and O–H groups in total. The average Bonchev–Trinajstić information content (AvgIpc) is 2.38. The van der Waals surface area contributed by atoms with Crippen LogP contribution in [0.2, 0.25) is 0 Å². The Morgan fingerprint density at radius 2 is 1.83 bits per heavy atom. The van der Waals surface area contributed by atoms with Crippen molar-refractivity contribution < 1.29 is 4.74 Å². The van der Waals surface area contributed by atoms with Gasteiger partial charge in [0.05, 0.1) is 7.11 Å². The lowest BCUT2D eigenvalue weighted by atomic mass is 10.1. The number of benzene rings is 1. The van der Waals surface area contributed by atoms with E-state index in [1.807, 2.05) is 12.1 Å². The van der Waals surface area contributed by atoms with Crippen LogP contribution in [0.3, 0.4) is 0 Å². The van der Waals surface area contributed by atoms with Gasteiger partial charge in [-0.15, -0.1) is 0 Å². The number of nitrogens with one attached hydrogen (secondary N) is 1. The van der Waals surface area contributed by atoms with Gasteiger partial charge in [-0.25, -0.2) is 4.98 Å². The van der Waals surface area contributed by atoms with Crippen molar-refractivity contribution >= 4 is 5.69 Å². The molecule has 2 rings (SSSR count). The topological polar surface area (TPSA) is 34.1 Å². The molecule has 1 heterocycles. The van der Waals surface area contributed by atoms with Gasteiger partial charge in [-0.3, -0.25) is 0 Å². The maximum atomic E-state index is 5.24. The van der Waals surface area contributed by atoms with Gasteiger partial charge in [0.2, 0.25) is 5.88 Å². The molecule has 1 aromatic heterocycles. The second-order valence-corrected chi connectivity index (χ2v) is 4.29. The van der Waals surface area contributed by atoms with Crippen molar-refractivity contribution in [3.8, 4) is 5.88 Å². The van der Waals surface area contributed by atoms with Crippen molar-refractivity contribution in [3.63, 3.8) is 0 Å². The molecular weight excluding hydrogens is 224 g/mol. The molecule has 0 aliphatic carbocycles. The van der Waals surface area contributed by atoms with Crippen LogP contribution in [0.1, 0.15) is 16.7 Å². The first-order valence-electron chi connectivity index (χ1n) is 6.00. The summed E-state index contributed by atoms with van der Waals surface area (Å²) in [5, 5.41) is 3.45. The maximum absolute atomic E-state index is 5.24. The van der Waals surface area contributed by atoms with E-state index in [2.05, 4.69) is 42.3 Å². The Morgan fingerprint density at radius 1 is 1.11 bits per heavy atom. The molecule has 1 aromatic carbocycles. The Kier molecular flexibility index (Phi) is 3.82. The van der Waals surface area contributed by atoms with Gasteiger partial charge in [-0.1, -0.05) is 24.3 Å². The molecule has 0 amide bonds. The molecule has 0 radical (unpaired) electrons. The number of hydrogen-bond donors (Lipinski definition) is 1. The minimum absolute atomic E-state index is 0.677. The summed E-state index contributed by atoms with van der Waals surface area (Å²) in [7, 11) is 1.64. The van der Waals surface area contributed by atoms with E-state index in [9.17, 15) is 0 Å². The van der Waals surface area contributed by atoms with Crippen LogP contribution in [-0.2, 0) is 6.54 Å². The van der Waals surface area contributed by atoms with Crippen molar-refractivity contribution in [1.29, 1.82) is 0 Å². The Morgan fingerprint density at radius 3 is 2.50 bits per heavy atom. The Hall–Kier alpha value is -2.03. The molecule has 0 unspecified atom stereocenters. The zero-order chi connectivity index (χ0) is 13.0. The van der Waals surface area contributed by atoms with E-state index in [0.717, 1.165) is 5.56 Å². The quantitative estimate of drug-likeness (QED) is 0.893. The lowest BCUT2D eigenvalue weighted by molar-refractivity contribution is 0.393. The first kappa shape index (κ1) is 12.4. The third kappa shape index (κ3) is 2.62. The number of aryl methyl sites for hydroxylation is 2. The minimum atomic E-state index is 0.677. The van der Waals surface area contributed by atoms with Crippen molar-refractivity contribution in [2.75, 3.05) is 12.4 Å². The highest BCUT2D eigenvalue weighted by Crippen LogP contribution is 2.22. The fraction of sp³-hybridized carbons (Fsp3) is 0.267. The molecule has 3 nitrogen and oxygen atoms in total. The number of pyridine rings is 1. The smallest absolute Gasteiger partial charge is 0.218 e. The monoisotopic (exact) mass is 242 g/mol. The minimum Gasteiger partial charge on any atom is -0.481 e. The summed E-state index contributed by atoms with van der Waals surface area (Å²) >= 11 is 0. The van der Waals surface area contributed by atoms with Crippen molar-refractivity contribution in [2.24, 2.45) is 0 Å². The van der Waals surface area contributed by atoms with Crippen LogP contribution >= 0.6 is 0 Å². The van der Waals surface area contributed by atoms with Crippen LogP contribution in [0, 0.1) is 13.8 Å². The summed E-state index contributed by atoms with van der Waals surface area (Å²) in [6.45, 7) is 4.92. The van der Waals surface area contributed by atoms with Crippen molar-refractivity contribution in [2.45, 2.75) is 20.4 Å². The summed E-state index contributed by atoms with van der Waals surface area (Å²) in [5.41, 5.74) is 4.74. The molecule has 0 fully saturated rings. The van der Waals surface area contributed by atoms with Crippen LogP contribution in [0.25, 0.3) is 0 Å². The summed E-state index contributed by atoms with van der Waals surface area (Å²) in [4.78, 5) is 4.19. The largest absolute Gasteiger partial charge is 0.481 e. The lowest BCUT2D eigenvalue weighted by Gasteiger charge is -2.13. The fourth-order valence-corrected chi connectivity index (χ4v) is 2.02. The van der Waals surface area contributed by atoms with Crippen molar-refractivity contribution in [3.05, 3.63) is 53.2 Å². The lowest BCUT2D eigenvalue weighted by Crippen LogP contribution is -2.05. The SMILES string of the molecule is COc1ncccc1CNc1c(C)cccc1C. The molecule has 0 atom stereocenters. The van der Waals surface area contributed by atoms with Crippen LogP contribution in [0.15, 0.2) is 36.5 Å². The summed E-state index contributed by atoms with van der Waals surface area (Å²) in [6, 6.07) is 10.2. The average molecular weight is 242 g/mol. The third-order valence-electron chi connectivity index (χ3n) is 2.98. The van der Waals surface area contributed by atoms with Gasteiger partial charge in [0, 0.05) is 24.0 Å². The summed E-state index contributed by atoms with van der Waals surface area (Å²) in [6.07, 6.45) is 1.74. The van der Waals surface area contributed by atoms with Crippen molar-refractivity contribution in [1.82, 2.24) is 4.98 Å². The molecule has 0 bridgehead atoms. The van der Waals surface area contributed by atoms with Gasteiger partial charge >= 0.3 is 0 Å². The molecule has 0 spiro atoms. The highest BCUT2D eigenvalue weighted by molar-refractivity contribution is 5.57. The van der Waals surface area contributed by atoms with E-state index in [4.69, 9.17) is 4.74 Å². The van der Waals surface area contributed by atoms with E-state index < -0.39 is 0 Å². The van der Waals surface area contributed by atoms with Crippen LogP contribution in [0.5, 0.6) is 5.88 Å². The van der Waals surface area contributed by atoms with Crippen LogP contribution < -0.4 is 10.1 Å². The van der Waals surface area contributed by atoms with Crippen LogP contribution in [0.4, 0.5) is 5.69 Å². The number of rotatable bonds is 4. The van der Waals surface area contributed by atoms with Crippen LogP contribution in [-0.4, -0.2) is 12.1 Å². The van der Waals surface area contributed by atoms with Gasteiger partial charge in [0.25, 0.3) is 0 Å². The zero-order valence-corrected chi connectivity index (χ0v) is 11.0. The molecule has 2 aromatic rings.